The van der Waals surface area contributed by atoms with Crippen LogP contribution in [0.2, 0.25) is 0 Å². The first-order chi connectivity index (χ1) is 11.0. The average molecular weight is 358 g/mol. The SMILES string of the molecule is Cc1c(C)c(C)c(C(=O)c2c(C)c(C)c(C)c(C)c2P)c(P)c1C. The molecule has 0 bridgehead atoms. The Morgan fingerprint density at radius 1 is 0.500 bits per heavy atom. The highest BCUT2D eigenvalue weighted by Crippen LogP contribution is 2.27. The minimum absolute atomic E-state index is 0.136. The molecule has 2 aromatic carbocycles. The maximum atomic E-state index is 13.5. The molecule has 0 amide bonds. The van der Waals surface area contributed by atoms with E-state index < -0.39 is 0 Å². The molecule has 0 aliphatic rings. The van der Waals surface area contributed by atoms with Crippen molar-refractivity contribution >= 4 is 34.9 Å². The van der Waals surface area contributed by atoms with Gasteiger partial charge >= 0.3 is 0 Å². The second-order valence-electron chi connectivity index (χ2n) is 6.91. The van der Waals surface area contributed by atoms with Crippen molar-refractivity contribution in [2.75, 3.05) is 0 Å². The molecule has 0 heterocycles. The molecule has 0 aromatic heterocycles. The Morgan fingerprint density at radius 3 is 1.04 bits per heavy atom. The van der Waals surface area contributed by atoms with Gasteiger partial charge in [-0.15, -0.1) is 18.5 Å². The number of hydrogen-bond acceptors (Lipinski definition) is 1. The van der Waals surface area contributed by atoms with Gasteiger partial charge in [-0.2, -0.15) is 0 Å². The number of ketones is 1. The van der Waals surface area contributed by atoms with Crippen LogP contribution in [0.5, 0.6) is 0 Å². The van der Waals surface area contributed by atoms with E-state index in [2.05, 4.69) is 73.9 Å². The van der Waals surface area contributed by atoms with Gasteiger partial charge in [0.1, 0.15) is 0 Å². The Hall–Kier alpha value is -1.03. The molecule has 3 heteroatoms. The van der Waals surface area contributed by atoms with E-state index in [9.17, 15) is 4.79 Å². The standard InChI is InChI=1S/C21H28OP2/c1-9-11(3)15(7)20(23)17(13(9)5)19(22)18-14(6)10(2)12(4)16(8)21(18)24/h23-24H2,1-8H3. The highest BCUT2D eigenvalue weighted by molar-refractivity contribution is 7.28. The summed E-state index contributed by atoms with van der Waals surface area (Å²) in [5, 5.41) is 2.06. The van der Waals surface area contributed by atoms with Crippen molar-refractivity contribution in [3.63, 3.8) is 0 Å². The third-order valence-electron chi connectivity index (χ3n) is 5.93. The average Bonchev–Trinajstić information content (AvgIpc) is 2.55. The zero-order valence-corrected chi connectivity index (χ0v) is 18.4. The second-order valence-corrected chi connectivity index (χ2v) is 8.06. The van der Waals surface area contributed by atoms with E-state index in [1.54, 1.807) is 0 Å². The highest BCUT2D eigenvalue weighted by atomic mass is 31.0. The number of carbonyl (C=O) groups excluding carboxylic acids is 1. The molecular formula is C21H28OP2. The number of carbonyl (C=O) groups is 1. The summed E-state index contributed by atoms with van der Waals surface area (Å²) in [6, 6.07) is 0. The lowest BCUT2D eigenvalue weighted by Crippen LogP contribution is -2.24. The van der Waals surface area contributed by atoms with Crippen molar-refractivity contribution in [2.45, 2.75) is 55.4 Å². The minimum Gasteiger partial charge on any atom is -0.289 e. The van der Waals surface area contributed by atoms with Gasteiger partial charge in [-0.25, -0.2) is 0 Å². The molecular weight excluding hydrogens is 330 g/mol. The van der Waals surface area contributed by atoms with Crippen LogP contribution in [0.25, 0.3) is 0 Å². The Kier molecular flexibility index (Phi) is 5.39. The summed E-state index contributed by atoms with van der Waals surface area (Å²) >= 11 is 0. The summed E-state index contributed by atoms with van der Waals surface area (Å²) in [6.07, 6.45) is 0. The van der Waals surface area contributed by atoms with E-state index in [4.69, 9.17) is 0 Å². The van der Waals surface area contributed by atoms with Gasteiger partial charge in [0.05, 0.1) is 0 Å². The Bertz CT molecular complexity index is 747. The smallest absolute Gasteiger partial charge is 0.194 e. The zero-order chi connectivity index (χ0) is 18.5. The molecule has 128 valence electrons. The molecule has 0 saturated heterocycles. The van der Waals surface area contributed by atoms with Gasteiger partial charge in [0, 0.05) is 11.1 Å². The van der Waals surface area contributed by atoms with Crippen LogP contribution >= 0.6 is 18.5 Å². The summed E-state index contributed by atoms with van der Waals surface area (Å²) in [5.41, 5.74) is 11.2. The summed E-state index contributed by atoms with van der Waals surface area (Å²) < 4.78 is 0. The van der Waals surface area contributed by atoms with Crippen LogP contribution in [0.3, 0.4) is 0 Å². The molecule has 2 aromatic rings. The topological polar surface area (TPSA) is 17.1 Å². The van der Waals surface area contributed by atoms with E-state index in [1.165, 1.54) is 33.4 Å². The van der Waals surface area contributed by atoms with E-state index in [1.807, 2.05) is 0 Å². The Morgan fingerprint density at radius 2 is 0.750 bits per heavy atom. The van der Waals surface area contributed by atoms with Crippen LogP contribution in [0.15, 0.2) is 0 Å². The van der Waals surface area contributed by atoms with E-state index >= 15 is 0 Å². The lowest BCUT2D eigenvalue weighted by atomic mass is 9.86. The van der Waals surface area contributed by atoms with Gasteiger partial charge in [0.25, 0.3) is 0 Å². The molecule has 0 aliphatic heterocycles. The second kappa shape index (κ2) is 6.70. The van der Waals surface area contributed by atoms with Gasteiger partial charge in [0.2, 0.25) is 0 Å². The monoisotopic (exact) mass is 358 g/mol. The molecule has 2 atom stereocenters. The summed E-state index contributed by atoms with van der Waals surface area (Å²) in [5.74, 6) is 0.136. The molecule has 0 radical (unpaired) electrons. The van der Waals surface area contributed by atoms with Gasteiger partial charge in [0.15, 0.2) is 5.78 Å². The largest absolute Gasteiger partial charge is 0.289 e. The predicted octanol–water partition coefficient (Wildman–Crippen LogP) is 4.39. The third-order valence-corrected chi connectivity index (χ3v) is 7.37. The molecule has 0 N–H and O–H groups in total. The van der Waals surface area contributed by atoms with E-state index in [-0.39, 0.29) is 5.78 Å². The fraction of sp³-hybridized carbons (Fsp3) is 0.381. The first-order valence-electron chi connectivity index (χ1n) is 8.28. The van der Waals surface area contributed by atoms with Crippen molar-refractivity contribution in [3.8, 4) is 0 Å². The van der Waals surface area contributed by atoms with Crippen molar-refractivity contribution in [1.82, 2.24) is 0 Å². The lowest BCUT2D eigenvalue weighted by Gasteiger charge is -2.21. The van der Waals surface area contributed by atoms with Gasteiger partial charge < -0.3 is 0 Å². The van der Waals surface area contributed by atoms with Gasteiger partial charge in [-0.3, -0.25) is 4.79 Å². The maximum absolute atomic E-state index is 13.5. The third kappa shape index (κ3) is 2.77. The zero-order valence-electron chi connectivity index (χ0n) is 16.1. The number of hydrogen-bond donors (Lipinski definition) is 0. The maximum Gasteiger partial charge on any atom is 0.194 e. The Balaban J connectivity index is 2.87. The van der Waals surface area contributed by atoms with Crippen LogP contribution in [-0.2, 0) is 0 Å². The minimum atomic E-state index is 0.136. The van der Waals surface area contributed by atoms with Gasteiger partial charge in [-0.05, 0) is 111 Å². The van der Waals surface area contributed by atoms with E-state index in [0.29, 0.717) is 0 Å². The molecule has 0 spiro atoms. The quantitative estimate of drug-likeness (QED) is 0.575. The van der Waals surface area contributed by atoms with Crippen molar-refractivity contribution in [1.29, 1.82) is 0 Å². The van der Waals surface area contributed by atoms with Crippen molar-refractivity contribution in [3.05, 3.63) is 55.6 Å². The first kappa shape index (κ1) is 19.3. The fourth-order valence-electron chi connectivity index (χ4n) is 3.39. The Labute approximate surface area is 151 Å². The first-order valence-corrected chi connectivity index (χ1v) is 9.44. The molecule has 24 heavy (non-hydrogen) atoms. The van der Waals surface area contributed by atoms with Crippen LogP contribution in [0.4, 0.5) is 0 Å². The molecule has 2 rings (SSSR count). The molecule has 0 fully saturated rings. The van der Waals surface area contributed by atoms with Crippen LogP contribution in [0, 0.1) is 55.4 Å². The molecule has 2 unspecified atom stereocenters. The number of benzene rings is 2. The normalized spacial score (nSPS) is 11.1. The predicted molar refractivity (Wildman–Crippen MR) is 113 cm³/mol. The van der Waals surface area contributed by atoms with Gasteiger partial charge in [-0.1, -0.05) is 0 Å². The van der Waals surface area contributed by atoms with Crippen molar-refractivity contribution in [2.24, 2.45) is 0 Å². The van der Waals surface area contributed by atoms with E-state index in [0.717, 1.165) is 32.9 Å². The fourth-order valence-corrected chi connectivity index (χ4v) is 4.52. The van der Waals surface area contributed by atoms with Crippen molar-refractivity contribution < 1.29 is 4.79 Å². The molecule has 0 aliphatic carbocycles. The highest BCUT2D eigenvalue weighted by Gasteiger charge is 2.24. The molecule has 0 saturated carbocycles. The summed E-state index contributed by atoms with van der Waals surface area (Å²) in [4.78, 5) is 13.5. The molecule has 1 nitrogen and oxygen atoms in total. The van der Waals surface area contributed by atoms with Crippen LogP contribution in [-0.4, -0.2) is 5.78 Å². The van der Waals surface area contributed by atoms with Crippen LogP contribution < -0.4 is 10.6 Å². The summed E-state index contributed by atoms with van der Waals surface area (Å²) in [6.45, 7) is 16.8. The van der Waals surface area contributed by atoms with Crippen LogP contribution in [0.1, 0.15) is 60.4 Å². The number of rotatable bonds is 2. The summed E-state index contributed by atoms with van der Waals surface area (Å²) in [7, 11) is 5.59. The lowest BCUT2D eigenvalue weighted by molar-refractivity contribution is 0.103.